The zero-order chi connectivity index (χ0) is 14.1. The maximum Gasteiger partial charge on any atom is 0.263 e. The van der Waals surface area contributed by atoms with Crippen molar-refractivity contribution in [2.75, 3.05) is 7.11 Å². The molecule has 3 aromatic rings. The van der Waals surface area contributed by atoms with E-state index in [-0.39, 0.29) is 5.56 Å². The number of pyridine rings is 1. The lowest BCUT2D eigenvalue weighted by atomic mass is 10.2. The Balaban J connectivity index is 2.10. The van der Waals surface area contributed by atoms with Gasteiger partial charge in [-0.2, -0.15) is 0 Å². The molecule has 0 saturated heterocycles. The number of rotatable bonds is 3. The second-order valence-electron chi connectivity index (χ2n) is 4.19. The molecule has 0 fully saturated rings. The molecule has 0 bridgehead atoms. The third-order valence-electron chi connectivity index (χ3n) is 2.96. The highest BCUT2D eigenvalue weighted by Gasteiger charge is 2.07. The summed E-state index contributed by atoms with van der Waals surface area (Å²) in [5.74, 6) is 0.516. The van der Waals surface area contributed by atoms with E-state index in [9.17, 15) is 4.79 Å². The predicted molar refractivity (Wildman–Crippen MR) is 81.2 cm³/mol. The number of methoxy groups -OCH3 is 1. The molecule has 0 atom stereocenters. The van der Waals surface area contributed by atoms with Gasteiger partial charge in [-0.25, -0.2) is 4.98 Å². The topological polar surface area (TPSA) is 59.9 Å². The van der Waals surface area contributed by atoms with E-state index in [1.54, 1.807) is 30.0 Å². The largest absolute Gasteiger partial charge is 0.481 e. The third kappa shape index (κ3) is 2.25. The molecule has 0 spiro atoms. The number of thiophene rings is 1. The zero-order valence-electron chi connectivity index (χ0n) is 10.6. The van der Waals surface area contributed by atoms with Crippen LogP contribution in [-0.2, 0) is 6.54 Å². The van der Waals surface area contributed by atoms with Gasteiger partial charge in [0.1, 0.15) is 4.83 Å². The molecular formula is C13H11N3O2S2. The van der Waals surface area contributed by atoms with Crippen LogP contribution >= 0.6 is 23.6 Å². The molecule has 20 heavy (non-hydrogen) atoms. The molecule has 0 unspecified atom stereocenters. The van der Waals surface area contributed by atoms with Crippen molar-refractivity contribution in [2.24, 2.45) is 0 Å². The van der Waals surface area contributed by atoms with Crippen LogP contribution in [0.15, 0.2) is 34.6 Å². The summed E-state index contributed by atoms with van der Waals surface area (Å²) < 4.78 is 7.04. The van der Waals surface area contributed by atoms with Crippen LogP contribution in [0.3, 0.4) is 0 Å². The second kappa shape index (κ2) is 5.18. The van der Waals surface area contributed by atoms with E-state index < -0.39 is 0 Å². The van der Waals surface area contributed by atoms with Crippen LogP contribution in [0.1, 0.15) is 5.56 Å². The molecule has 5 nitrogen and oxygen atoms in total. The van der Waals surface area contributed by atoms with Crippen molar-refractivity contribution in [1.82, 2.24) is 14.5 Å². The maximum atomic E-state index is 12.4. The average Bonchev–Trinajstić information content (AvgIpc) is 2.92. The van der Waals surface area contributed by atoms with Gasteiger partial charge in [0.25, 0.3) is 5.56 Å². The molecule has 0 saturated carbocycles. The predicted octanol–water partition coefficient (Wildman–Crippen LogP) is 2.57. The van der Waals surface area contributed by atoms with Crippen LogP contribution in [0.2, 0.25) is 0 Å². The van der Waals surface area contributed by atoms with Crippen molar-refractivity contribution in [3.63, 3.8) is 0 Å². The SMILES string of the molecule is COc1cc(Cn2c(=S)[nH]c3sccc3c2=O)ccn1. The Morgan fingerprint density at radius 3 is 3.15 bits per heavy atom. The van der Waals surface area contributed by atoms with E-state index in [4.69, 9.17) is 17.0 Å². The summed E-state index contributed by atoms with van der Waals surface area (Å²) in [7, 11) is 1.56. The lowest BCUT2D eigenvalue weighted by Crippen LogP contribution is -2.22. The highest BCUT2D eigenvalue weighted by Crippen LogP contribution is 2.15. The fraction of sp³-hybridized carbons (Fsp3) is 0.154. The molecule has 0 amide bonds. The number of aromatic nitrogens is 3. The summed E-state index contributed by atoms with van der Waals surface area (Å²) >= 11 is 6.73. The highest BCUT2D eigenvalue weighted by atomic mass is 32.1. The second-order valence-corrected chi connectivity index (χ2v) is 5.49. The maximum absolute atomic E-state index is 12.4. The zero-order valence-corrected chi connectivity index (χ0v) is 12.3. The first-order valence-corrected chi connectivity index (χ1v) is 7.17. The van der Waals surface area contributed by atoms with E-state index >= 15 is 0 Å². The fourth-order valence-electron chi connectivity index (χ4n) is 1.96. The summed E-state index contributed by atoms with van der Waals surface area (Å²) in [4.78, 5) is 20.3. The van der Waals surface area contributed by atoms with Gasteiger partial charge in [0.15, 0.2) is 4.77 Å². The Hall–Kier alpha value is -1.99. The lowest BCUT2D eigenvalue weighted by molar-refractivity contribution is 0.397. The number of ether oxygens (including phenoxy) is 1. The Morgan fingerprint density at radius 1 is 1.50 bits per heavy atom. The van der Waals surface area contributed by atoms with Gasteiger partial charge in [0.2, 0.25) is 5.88 Å². The van der Waals surface area contributed by atoms with E-state index in [2.05, 4.69) is 9.97 Å². The minimum Gasteiger partial charge on any atom is -0.481 e. The minimum atomic E-state index is -0.0826. The number of hydrogen-bond acceptors (Lipinski definition) is 5. The first-order valence-electron chi connectivity index (χ1n) is 5.88. The van der Waals surface area contributed by atoms with Crippen molar-refractivity contribution in [1.29, 1.82) is 0 Å². The van der Waals surface area contributed by atoms with Crippen molar-refractivity contribution in [3.8, 4) is 5.88 Å². The minimum absolute atomic E-state index is 0.0826. The van der Waals surface area contributed by atoms with Crippen LogP contribution in [-0.4, -0.2) is 21.6 Å². The lowest BCUT2D eigenvalue weighted by Gasteiger charge is -2.07. The molecule has 0 aromatic carbocycles. The average molecular weight is 305 g/mol. The Kier molecular flexibility index (Phi) is 3.37. The Bertz CT molecular complexity index is 879. The molecule has 0 aliphatic rings. The Labute approximate surface area is 123 Å². The standard InChI is InChI=1S/C13H11N3O2S2/c1-18-10-6-8(2-4-14-10)7-16-12(17)9-3-5-20-11(9)15-13(16)19/h2-6H,7H2,1H3,(H,15,19). The molecule has 0 aliphatic carbocycles. The molecule has 1 N–H and O–H groups in total. The summed E-state index contributed by atoms with van der Waals surface area (Å²) in [6, 6.07) is 5.43. The van der Waals surface area contributed by atoms with E-state index in [1.165, 1.54) is 11.3 Å². The molecule has 102 valence electrons. The molecule has 3 heterocycles. The summed E-state index contributed by atoms with van der Waals surface area (Å²) in [5, 5.41) is 2.53. The first kappa shape index (κ1) is 13.0. The summed E-state index contributed by atoms with van der Waals surface area (Å²) in [6.07, 6.45) is 1.65. The summed E-state index contributed by atoms with van der Waals surface area (Å²) in [5.41, 5.74) is 0.828. The number of nitrogens with one attached hydrogen (secondary N) is 1. The van der Waals surface area contributed by atoms with E-state index in [1.807, 2.05) is 11.4 Å². The summed E-state index contributed by atoms with van der Waals surface area (Å²) in [6.45, 7) is 0.388. The van der Waals surface area contributed by atoms with Gasteiger partial charge in [-0.1, -0.05) is 0 Å². The molecule has 0 radical (unpaired) electrons. The monoisotopic (exact) mass is 305 g/mol. The number of aromatic amines is 1. The van der Waals surface area contributed by atoms with Gasteiger partial charge in [-0.3, -0.25) is 9.36 Å². The van der Waals surface area contributed by atoms with Crippen LogP contribution < -0.4 is 10.3 Å². The van der Waals surface area contributed by atoms with Crippen LogP contribution in [0, 0.1) is 4.77 Å². The van der Waals surface area contributed by atoms with Crippen molar-refractivity contribution >= 4 is 33.8 Å². The van der Waals surface area contributed by atoms with Crippen LogP contribution in [0.4, 0.5) is 0 Å². The molecular weight excluding hydrogens is 294 g/mol. The van der Waals surface area contributed by atoms with Crippen LogP contribution in [0.25, 0.3) is 10.2 Å². The number of hydrogen-bond donors (Lipinski definition) is 1. The molecule has 3 rings (SSSR count). The highest BCUT2D eigenvalue weighted by molar-refractivity contribution is 7.71. The quantitative estimate of drug-likeness (QED) is 0.756. The van der Waals surface area contributed by atoms with Gasteiger partial charge in [-0.15, -0.1) is 11.3 Å². The first-order chi connectivity index (χ1) is 9.69. The van der Waals surface area contributed by atoms with Crippen molar-refractivity contribution < 1.29 is 4.74 Å². The van der Waals surface area contributed by atoms with Crippen molar-refractivity contribution in [2.45, 2.75) is 6.54 Å². The number of fused-ring (bicyclic) bond motifs is 1. The normalized spacial score (nSPS) is 10.8. The molecule has 3 aromatic heterocycles. The number of nitrogens with zero attached hydrogens (tertiary/aromatic N) is 2. The van der Waals surface area contributed by atoms with Gasteiger partial charge in [0.05, 0.1) is 19.0 Å². The smallest absolute Gasteiger partial charge is 0.263 e. The van der Waals surface area contributed by atoms with Gasteiger partial charge in [-0.05, 0) is 35.3 Å². The molecule has 7 heteroatoms. The van der Waals surface area contributed by atoms with Gasteiger partial charge < -0.3 is 9.72 Å². The number of H-pyrrole nitrogens is 1. The van der Waals surface area contributed by atoms with Crippen molar-refractivity contribution in [3.05, 3.63) is 50.5 Å². The van der Waals surface area contributed by atoms with E-state index in [0.717, 1.165) is 10.4 Å². The van der Waals surface area contributed by atoms with Crippen LogP contribution in [0.5, 0.6) is 5.88 Å². The van der Waals surface area contributed by atoms with E-state index in [0.29, 0.717) is 22.6 Å². The third-order valence-corrected chi connectivity index (χ3v) is 4.11. The van der Waals surface area contributed by atoms with Gasteiger partial charge >= 0.3 is 0 Å². The Morgan fingerprint density at radius 2 is 2.35 bits per heavy atom. The van der Waals surface area contributed by atoms with Gasteiger partial charge in [0, 0.05) is 12.3 Å². The fourth-order valence-corrected chi connectivity index (χ4v) is 3.06. The molecule has 0 aliphatic heterocycles.